The minimum atomic E-state index is -0.149. The van der Waals surface area contributed by atoms with E-state index in [-0.39, 0.29) is 10.9 Å². The first-order valence-corrected chi connectivity index (χ1v) is 9.97. The SMILES string of the molecule is CCNC(=NCC1(Sc2ccccc2)CC1)NCC1CCCC1O. The van der Waals surface area contributed by atoms with Gasteiger partial charge in [-0.2, -0.15) is 0 Å². The highest BCUT2D eigenvalue weighted by molar-refractivity contribution is 8.01. The molecule has 3 N–H and O–H groups in total. The number of nitrogens with one attached hydrogen (secondary N) is 2. The second kappa shape index (κ2) is 8.26. The van der Waals surface area contributed by atoms with E-state index in [9.17, 15) is 5.11 Å². The van der Waals surface area contributed by atoms with Gasteiger partial charge in [-0.05, 0) is 44.7 Å². The third-order valence-corrected chi connectivity index (χ3v) is 6.38. The largest absolute Gasteiger partial charge is 0.393 e. The van der Waals surface area contributed by atoms with Crippen LogP contribution < -0.4 is 10.6 Å². The summed E-state index contributed by atoms with van der Waals surface area (Å²) in [6.07, 6.45) is 5.51. The van der Waals surface area contributed by atoms with Gasteiger partial charge in [-0.3, -0.25) is 4.99 Å². The smallest absolute Gasteiger partial charge is 0.191 e. The van der Waals surface area contributed by atoms with Crippen molar-refractivity contribution < 1.29 is 5.11 Å². The third kappa shape index (κ3) is 4.90. The lowest BCUT2D eigenvalue weighted by molar-refractivity contribution is 0.134. The van der Waals surface area contributed by atoms with Gasteiger partial charge in [0.15, 0.2) is 5.96 Å². The lowest BCUT2D eigenvalue weighted by Crippen LogP contribution is -2.41. The molecule has 3 rings (SSSR count). The number of guanidine groups is 1. The predicted molar refractivity (Wildman–Crippen MR) is 102 cm³/mol. The zero-order chi connectivity index (χ0) is 16.8. The van der Waals surface area contributed by atoms with Gasteiger partial charge in [0.25, 0.3) is 0 Å². The number of benzene rings is 1. The van der Waals surface area contributed by atoms with Crippen molar-refractivity contribution in [2.24, 2.45) is 10.9 Å². The van der Waals surface area contributed by atoms with Crippen molar-refractivity contribution >= 4 is 17.7 Å². The molecule has 2 aliphatic rings. The third-order valence-electron chi connectivity index (χ3n) is 4.91. The summed E-state index contributed by atoms with van der Waals surface area (Å²) < 4.78 is 0.274. The second-order valence-electron chi connectivity index (χ2n) is 6.93. The summed E-state index contributed by atoms with van der Waals surface area (Å²) in [6.45, 7) is 4.60. The van der Waals surface area contributed by atoms with Crippen LogP contribution in [0, 0.1) is 5.92 Å². The molecule has 132 valence electrons. The van der Waals surface area contributed by atoms with E-state index in [0.717, 1.165) is 44.9 Å². The van der Waals surface area contributed by atoms with Crippen LogP contribution in [0.5, 0.6) is 0 Å². The highest BCUT2D eigenvalue weighted by Crippen LogP contribution is 2.51. The monoisotopic (exact) mass is 347 g/mol. The molecule has 2 fully saturated rings. The summed E-state index contributed by atoms with van der Waals surface area (Å²) in [5.74, 6) is 1.25. The van der Waals surface area contributed by atoms with Crippen LogP contribution >= 0.6 is 11.8 Å². The molecule has 5 heteroatoms. The lowest BCUT2D eigenvalue weighted by Gasteiger charge is -2.19. The van der Waals surface area contributed by atoms with Crippen LogP contribution in [-0.4, -0.2) is 41.6 Å². The Hall–Kier alpha value is -1.20. The van der Waals surface area contributed by atoms with Gasteiger partial charge >= 0.3 is 0 Å². The molecule has 24 heavy (non-hydrogen) atoms. The average molecular weight is 348 g/mol. The van der Waals surface area contributed by atoms with Crippen LogP contribution in [0.4, 0.5) is 0 Å². The van der Waals surface area contributed by atoms with Gasteiger partial charge in [0, 0.05) is 28.6 Å². The van der Waals surface area contributed by atoms with Crippen LogP contribution in [0.15, 0.2) is 40.2 Å². The molecule has 0 aromatic heterocycles. The van der Waals surface area contributed by atoms with Crippen molar-refractivity contribution in [1.82, 2.24) is 10.6 Å². The van der Waals surface area contributed by atoms with Crippen molar-refractivity contribution in [1.29, 1.82) is 0 Å². The van der Waals surface area contributed by atoms with E-state index in [4.69, 9.17) is 4.99 Å². The molecule has 1 aromatic carbocycles. The Bertz CT molecular complexity index is 545. The number of aliphatic hydroxyl groups is 1. The zero-order valence-corrected chi connectivity index (χ0v) is 15.3. The van der Waals surface area contributed by atoms with Gasteiger partial charge in [-0.25, -0.2) is 0 Å². The van der Waals surface area contributed by atoms with Crippen LogP contribution in [0.25, 0.3) is 0 Å². The Morgan fingerprint density at radius 2 is 2.04 bits per heavy atom. The molecule has 4 nitrogen and oxygen atoms in total. The first kappa shape index (κ1) is 17.6. The van der Waals surface area contributed by atoms with Crippen molar-refractivity contribution in [3.63, 3.8) is 0 Å². The highest BCUT2D eigenvalue weighted by atomic mass is 32.2. The molecule has 0 heterocycles. The molecule has 2 atom stereocenters. The van der Waals surface area contributed by atoms with Crippen LogP contribution in [0.2, 0.25) is 0 Å². The van der Waals surface area contributed by atoms with E-state index in [0.29, 0.717) is 5.92 Å². The van der Waals surface area contributed by atoms with E-state index < -0.39 is 0 Å². The van der Waals surface area contributed by atoms with E-state index >= 15 is 0 Å². The molecular weight excluding hydrogens is 318 g/mol. The molecule has 0 bridgehead atoms. The standard InChI is InChI=1S/C19H29N3OS/c1-2-20-18(21-13-15-7-6-10-17(15)23)22-14-19(11-12-19)24-16-8-4-3-5-9-16/h3-5,8-9,15,17,23H,2,6-7,10-14H2,1H3,(H2,20,21,22). The highest BCUT2D eigenvalue weighted by Gasteiger charge is 2.43. The van der Waals surface area contributed by atoms with Crippen LogP contribution in [0.1, 0.15) is 39.0 Å². The Balaban J connectivity index is 1.53. The molecule has 2 unspecified atom stereocenters. The lowest BCUT2D eigenvalue weighted by atomic mass is 10.1. The van der Waals surface area contributed by atoms with Gasteiger partial charge in [-0.1, -0.05) is 24.6 Å². The Labute approximate surface area is 149 Å². The summed E-state index contributed by atoms with van der Waals surface area (Å²) in [5.41, 5.74) is 0. The summed E-state index contributed by atoms with van der Waals surface area (Å²) in [7, 11) is 0. The van der Waals surface area contributed by atoms with Gasteiger partial charge < -0.3 is 15.7 Å². The topological polar surface area (TPSA) is 56.7 Å². The Morgan fingerprint density at radius 1 is 1.25 bits per heavy atom. The minimum Gasteiger partial charge on any atom is -0.393 e. The quantitative estimate of drug-likeness (QED) is 0.524. The minimum absolute atomic E-state index is 0.149. The van der Waals surface area contributed by atoms with E-state index in [1.807, 2.05) is 11.8 Å². The van der Waals surface area contributed by atoms with Gasteiger partial charge in [0.05, 0.1) is 12.6 Å². The fourth-order valence-corrected chi connectivity index (χ4v) is 4.45. The fraction of sp³-hybridized carbons (Fsp3) is 0.632. The number of thioether (sulfide) groups is 1. The molecule has 2 aliphatic carbocycles. The van der Waals surface area contributed by atoms with Gasteiger partial charge in [-0.15, -0.1) is 11.8 Å². The Morgan fingerprint density at radius 3 is 2.67 bits per heavy atom. The number of aliphatic hydroxyl groups excluding tert-OH is 1. The van der Waals surface area contributed by atoms with E-state index in [1.165, 1.54) is 17.7 Å². The predicted octanol–water partition coefficient (Wildman–Crippen LogP) is 3.03. The molecule has 1 aromatic rings. The Kier molecular flexibility index (Phi) is 6.06. The average Bonchev–Trinajstić information content (AvgIpc) is 3.23. The molecule has 0 amide bonds. The molecule has 0 saturated heterocycles. The molecular formula is C19H29N3OS. The zero-order valence-electron chi connectivity index (χ0n) is 14.5. The van der Waals surface area contributed by atoms with Crippen molar-refractivity contribution in [2.75, 3.05) is 19.6 Å². The summed E-state index contributed by atoms with van der Waals surface area (Å²) in [6, 6.07) is 10.6. The number of hydrogen-bond donors (Lipinski definition) is 3. The van der Waals surface area contributed by atoms with Crippen LogP contribution in [0.3, 0.4) is 0 Å². The van der Waals surface area contributed by atoms with Crippen molar-refractivity contribution in [2.45, 2.75) is 54.8 Å². The summed E-state index contributed by atoms with van der Waals surface area (Å²) in [5, 5.41) is 16.7. The first-order valence-electron chi connectivity index (χ1n) is 9.15. The first-order chi connectivity index (χ1) is 11.7. The number of nitrogens with zero attached hydrogens (tertiary/aromatic N) is 1. The summed E-state index contributed by atoms with van der Waals surface area (Å²) >= 11 is 1.96. The molecule has 0 spiro atoms. The fourth-order valence-electron chi connectivity index (χ4n) is 3.22. The number of hydrogen-bond acceptors (Lipinski definition) is 3. The molecule has 0 radical (unpaired) electrons. The number of aliphatic imine (C=N–C) groups is 1. The maximum absolute atomic E-state index is 9.96. The van der Waals surface area contributed by atoms with Crippen molar-refractivity contribution in [3.8, 4) is 0 Å². The van der Waals surface area contributed by atoms with Gasteiger partial charge in [0.2, 0.25) is 0 Å². The van der Waals surface area contributed by atoms with Crippen LogP contribution in [-0.2, 0) is 0 Å². The summed E-state index contributed by atoms with van der Waals surface area (Å²) in [4.78, 5) is 6.15. The van der Waals surface area contributed by atoms with Crippen molar-refractivity contribution in [3.05, 3.63) is 30.3 Å². The maximum Gasteiger partial charge on any atom is 0.191 e. The number of rotatable bonds is 7. The molecule has 2 saturated carbocycles. The second-order valence-corrected chi connectivity index (χ2v) is 8.47. The van der Waals surface area contributed by atoms with Gasteiger partial charge in [0.1, 0.15) is 0 Å². The normalized spacial score (nSPS) is 25.5. The maximum atomic E-state index is 9.96. The van der Waals surface area contributed by atoms with E-state index in [1.54, 1.807) is 0 Å². The molecule has 0 aliphatic heterocycles. The van der Waals surface area contributed by atoms with E-state index in [2.05, 4.69) is 47.9 Å².